The molecule has 110 valence electrons. The van der Waals surface area contributed by atoms with Crippen molar-refractivity contribution in [3.63, 3.8) is 0 Å². The molecular formula is C14H26N2O3. The molecular weight excluding hydrogens is 244 g/mol. The molecule has 0 spiro atoms. The maximum absolute atomic E-state index is 12.0. The molecule has 0 bridgehead atoms. The number of nitrogens with one attached hydrogen (secondary N) is 1. The van der Waals surface area contributed by atoms with Gasteiger partial charge in [-0.2, -0.15) is 0 Å². The SMILES string of the molecule is CCC(C)NC(=O)C(C)N1CCC(C(=O)OC)CC1. The van der Waals surface area contributed by atoms with Gasteiger partial charge in [-0.1, -0.05) is 6.92 Å². The second-order valence-corrected chi connectivity index (χ2v) is 5.33. The molecule has 1 fully saturated rings. The Labute approximate surface area is 115 Å². The Kier molecular flexibility index (Phi) is 6.28. The predicted molar refractivity (Wildman–Crippen MR) is 73.7 cm³/mol. The number of esters is 1. The number of hydrogen-bond acceptors (Lipinski definition) is 4. The summed E-state index contributed by atoms with van der Waals surface area (Å²) in [6.45, 7) is 7.53. The Balaban J connectivity index is 2.42. The Morgan fingerprint density at radius 1 is 1.32 bits per heavy atom. The first kappa shape index (κ1) is 16.0. The molecule has 2 unspecified atom stereocenters. The summed E-state index contributed by atoms with van der Waals surface area (Å²) in [7, 11) is 1.43. The van der Waals surface area contributed by atoms with Gasteiger partial charge in [-0.15, -0.1) is 0 Å². The predicted octanol–water partition coefficient (Wildman–Crippen LogP) is 1.17. The second kappa shape index (κ2) is 7.48. The molecule has 19 heavy (non-hydrogen) atoms. The lowest BCUT2D eigenvalue weighted by molar-refractivity contribution is -0.147. The lowest BCUT2D eigenvalue weighted by Gasteiger charge is -2.34. The van der Waals surface area contributed by atoms with Gasteiger partial charge in [0.05, 0.1) is 19.1 Å². The zero-order valence-electron chi connectivity index (χ0n) is 12.4. The van der Waals surface area contributed by atoms with Crippen LogP contribution in [0.1, 0.15) is 40.0 Å². The third-order valence-electron chi connectivity index (χ3n) is 3.99. The topological polar surface area (TPSA) is 58.6 Å². The van der Waals surface area contributed by atoms with Crippen LogP contribution in [0.3, 0.4) is 0 Å². The molecule has 1 rings (SSSR count). The van der Waals surface area contributed by atoms with Crippen molar-refractivity contribution in [2.75, 3.05) is 20.2 Å². The molecule has 5 nitrogen and oxygen atoms in total. The number of carbonyl (C=O) groups excluding carboxylic acids is 2. The van der Waals surface area contributed by atoms with Crippen LogP contribution in [-0.2, 0) is 14.3 Å². The van der Waals surface area contributed by atoms with E-state index in [9.17, 15) is 9.59 Å². The molecule has 2 atom stereocenters. The van der Waals surface area contributed by atoms with Gasteiger partial charge in [-0.05, 0) is 46.2 Å². The molecule has 0 saturated carbocycles. The largest absolute Gasteiger partial charge is 0.469 e. The fraction of sp³-hybridized carbons (Fsp3) is 0.857. The monoisotopic (exact) mass is 270 g/mol. The highest BCUT2D eigenvalue weighted by Crippen LogP contribution is 2.20. The van der Waals surface area contributed by atoms with E-state index >= 15 is 0 Å². The molecule has 0 aliphatic carbocycles. The van der Waals surface area contributed by atoms with Crippen LogP contribution in [0.5, 0.6) is 0 Å². The van der Waals surface area contributed by atoms with Crippen molar-refractivity contribution >= 4 is 11.9 Å². The van der Waals surface area contributed by atoms with E-state index in [0.29, 0.717) is 0 Å². The standard InChI is InChI=1S/C14H26N2O3/c1-5-10(2)15-13(17)11(3)16-8-6-12(7-9-16)14(18)19-4/h10-12H,5-9H2,1-4H3,(H,15,17). The Hall–Kier alpha value is -1.10. The van der Waals surface area contributed by atoms with E-state index in [4.69, 9.17) is 4.74 Å². The van der Waals surface area contributed by atoms with E-state index in [-0.39, 0.29) is 29.9 Å². The van der Waals surface area contributed by atoms with Crippen LogP contribution in [0, 0.1) is 5.92 Å². The second-order valence-electron chi connectivity index (χ2n) is 5.33. The molecule has 0 radical (unpaired) electrons. The van der Waals surface area contributed by atoms with Gasteiger partial charge in [-0.25, -0.2) is 0 Å². The normalized spacial score (nSPS) is 20.6. The maximum atomic E-state index is 12.0. The highest BCUT2D eigenvalue weighted by atomic mass is 16.5. The molecule has 1 aliphatic rings. The average molecular weight is 270 g/mol. The molecule has 1 heterocycles. The third-order valence-corrected chi connectivity index (χ3v) is 3.99. The van der Waals surface area contributed by atoms with Crippen molar-refractivity contribution in [2.45, 2.75) is 52.1 Å². The third kappa shape index (κ3) is 4.49. The Bertz CT molecular complexity index is 312. The van der Waals surface area contributed by atoms with E-state index < -0.39 is 0 Å². The van der Waals surface area contributed by atoms with Crippen molar-refractivity contribution in [3.8, 4) is 0 Å². The average Bonchev–Trinajstić information content (AvgIpc) is 2.45. The number of ether oxygens (including phenoxy) is 1. The fourth-order valence-corrected chi connectivity index (χ4v) is 2.32. The first-order valence-electron chi connectivity index (χ1n) is 7.11. The van der Waals surface area contributed by atoms with E-state index in [2.05, 4.69) is 17.1 Å². The van der Waals surface area contributed by atoms with Crippen LogP contribution in [0.25, 0.3) is 0 Å². The minimum absolute atomic E-state index is 0.00826. The van der Waals surface area contributed by atoms with E-state index in [1.807, 2.05) is 13.8 Å². The number of rotatable bonds is 5. The van der Waals surface area contributed by atoms with Crippen LogP contribution < -0.4 is 5.32 Å². The first-order valence-corrected chi connectivity index (χ1v) is 7.11. The van der Waals surface area contributed by atoms with Crippen LogP contribution in [0.15, 0.2) is 0 Å². The summed E-state index contributed by atoms with van der Waals surface area (Å²) in [5, 5.41) is 3.00. The van der Waals surface area contributed by atoms with Gasteiger partial charge >= 0.3 is 5.97 Å². The van der Waals surface area contributed by atoms with Gasteiger partial charge in [0.15, 0.2) is 0 Å². The first-order chi connectivity index (χ1) is 8.99. The van der Waals surface area contributed by atoms with E-state index in [0.717, 1.165) is 32.4 Å². The molecule has 0 aromatic carbocycles. The maximum Gasteiger partial charge on any atom is 0.308 e. The highest BCUT2D eigenvalue weighted by Gasteiger charge is 2.30. The van der Waals surface area contributed by atoms with Crippen molar-refractivity contribution < 1.29 is 14.3 Å². The fourth-order valence-electron chi connectivity index (χ4n) is 2.32. The number of piperidine rings is 1. The number of carbonyl (C=O) groups is 2. The number of nitrogens with zero attached hydrogens (tertiary/aromatic N) is 1. The number of likely N-dealkylation sites (tertiary alicyclic amines) is 1. The quantitative estimate of drug-likeness (QED) is 0.762. The summed E-state index contributed by atoms with van der Waals surface area (Å²) in [6.07, 6.45) is 2.48. The molecule has 5 heteroatoms. The number of hydrogen-bond donors (Lipinski definition) is 1. The van der Waals surface area contributed by atoms with Gasteiger partial charge in [0.1, 0.15) is 0 Å². The lowest BCUT2D eigenvalue weighted by atomic mass is 9.96. The van der Waals surface area contributed by atoms with Gasteiger partial charge in [-0.3, -0.25) is 14.5 Å². The molecule has 0 aromatic heterocycles. The van der Waals surface area contributed by atoms with Crippen LogP contribution in [0.4, 0.5) is 0 Å². The summed E-state index contributed by atoms with van der Waals surface area (Å²) in [5.74, 6) is -0.0618. The van der Waals surface area contributed by atoms with Crippen molar-refractivity contribution in [3.05, 3.63) is 0 Å². The minimum atomic E-state index is -0.132. The summed E-state index contributed by atoms with van der Waals surface area (Å²) >= 11 is 0. The Morgan fingerprint density at radius 3 is 2.37 bits per heavy atom. The smallest absolute Gasteiger partial charge is 0.308 e. The summed E-state index contributed by atoms with van der Waals surface area (Å²) in [4.78, 5) is 25.6. The molecule has 1 aliphatic heterocycles. The molecule has 0 aromatic rings. The van der Waals surface area contributed by atoms with Gasteiger partial charge in [0.25, 0.3) is 0 Å². The van der Waals surface area contributed by atoms with Crippen molar-refractivity contribution in [1.82, 2.24) is 10.2 Å². The highest BCUT2D eigenvalue weighted by molar-refractivity contribution is 5.81. The summed E-state index contributed by atoms with van der Waals surface area (Å²) in [6, 6.07) is 0.0788. The Morgan fingerprint density at radius 2 is 1.89 bits per heavy atom. The zero-order chi connectivity index (χ0) is 14.4. The van der Waals surface area contributed by atoms with Gasteiger partial charge in [0.2, 0.25) is 5.91 Å². The van der Waals surface area contributed by atoms with Crippen molar-refractivity contribution in [2.24, 2.45) is 5.92 Å². The zero-order valence-corrected chi connectivity index (χ0v) is 12.4. The van der Waals surface area contributed by atoms with Crippen LogP contribution in [-0.4, -0.2) is 49.1 Å². The number of methoxy groups -OCH3 is 1. The van der Waals surface area contributed by atoms with Crippen LogP contribution >= 0.6 is 0 Å². The van der Waals surface area contributed by atoms with Crippen LogP contribution in [0.2, 0.25) is 0 Å². The van der Waals surface area contributed by atoms with E-state index in [1.54, 1.807) is 0 Å². The minimum Gasteiger partial charge on any atom is -0.469 e. The van der Waals surface area contributed by atoms with Crippen molar-refractivity contribution in [1.29, 1.82) is 0 Å². The van der Waals surface area contributed by atoms with Gasteiger partial charge < -0.3 is 10.1 Å². The van der Waals surface area contributed by atoms with E-state index in [1.165, 1.54) is 7.11 Å². The molecule has 1 N–H and O–H groups in total. The summed E-state index contributed by atoms with van der Waals surface area (Å²) < 4.78 is 4.76. The molecule has 1 saturated heterocycles. The lowest BCUT2D eigenvalue weighted by Crippen LogP contribution is -2.50. The number of amides is 1. The summed E-state index contributed by atoms with van der Waals surface area (Å²) in [5.41, 5.74) is 0. The molecule has 1 amide bonds. The van der Waals surface area contributed by atoms with Gasteiger partial charge in [0, 0.05) is 6.04 Å².